The third-order valence-corrected chi connectivity index (χ3v) is 4.39. The minimum Gasteiger partial charge on any atom is -0.360 e. The molecule has 1 aliphatic heterocycles. The smallest absolute Gasteiger partial charge is 0.241 e. The fourth-order valence-electron chi connectivity index (χ4n) is 3.07. The lowest BCUT2D eigenvalue weighted by Gasteiger charge is -2.16. The Morgan fingerprint density at radius 2 is 1.92 bits per heavy atom. The monoisotopic (exact) mass is 333 g/mol. The number of nitrogens with zero attached hydrogens (tertiary/aromatic N) is 4. The molecule has 1 saturated heterocycles. The van der Waals surface area contributed by atoms with Gasteiger partial charge in [-0.05, 0) is 37.1 Å². The molecular formula is C19H19N5O. The molecule has 1 N–H and O–H groups in total. The Balaban J connectivity index is 1.65. The normalized spacial score (nSPS) is 14.0. The van der Waals surface area contributed by atoms with Crippen molar-refractivity contribution in [3.8, 4) is 11.4 Å². The number of nitrogens with one attached hydrogen (secondary N) is 1. The molecule has 0 unspecified atom stereocenters. The van der Waals surface area contributed by atoms with E-state index in [0.29, 0.717) is 11.6 Å². The largest absolute Gasteiger partial charge is 0.360 e. The summed E-state index contributed by atoms with van der Waals surface area (Å²) in [5.74, 6) is 1.39. The summed E-state index contributed by atoms with van der Waals surface area (Å²) in [5, 5.41) is 4.12. The van der Waals surface area contributed by atoms with Crippen molar-refractivity contribution in [3.05, 3.63) is 48.8 Å². The quantitative estimate of drug-likeness (QED) is 0.795. The molecule has 3 aromatic rings. The molecule has 6 nitrogen and oxygen atoms in total. The third-order valence-electron chi connectivity index (χ3n) is 4.39. The number of fused-ring (bicyclic) bond motifs is 1. The van der Waals surface area contributed by atoms with Crippen LogP contribution in [0.5, 0.6) is 0 Å². The minimum absolute atomic E-state index is 0.114. The number of aromatic nitrogens is 3. The van der Waals surface area contributed by atoms with Crippen LogP contribution in [0.25, 0.3) is 22.3 Å². The van der Waals surface area contributed by atoms with Gasteiger partial charge in [-0.1, -0.05) is 12.1 Å². The van der Waals surface area contributed by atoms with Gasteiger partial charge in [-0.25, -0.2) is 9.97 Å². The van der Waals surface area contributed by atoms with Crippen LogP contribution >= 0.6 is 0 Å². The van der Waals surface area contributed by atoms with Crippen LogP contribution in [-0.2, 0) is 4.79 Å². The molecule has 0 saturated carbocycles. The van der Waals surface area contributed by atoms with Crippen LogP contribution in [0.15, 0.2) is 48.8 Å². The number of likely N-dealkylation sites (tertiary alicyclic amines) is 1. The molecule has 3 heterocycles. The highest BCUT2D eigenvalue weighted by Crippen LogP contribution is 2.24. The summed E-state index contributed by atoms with van der Waals surface area (Å²) in [6.07, 6.45) is 5.64. The fourth-order valence-corrected chi connectivity index (χ4v) is 3.07. The number of hydrogen-bond donors (Lipinski definition) is 1. The number of pyridine rings is 1. The van der Waals surface area contributed by atoms with Crippen molar-refractivity contribution in [2.24, 2.45) is 0 Å². The van der Waals surface area contributed by atoms with E-state index < -0.39 is 0 Å². The van der Waals surface area contributed by atoms with Crippen molar-refractivity contribution >= 4 is 22.6 Å². The molecule has 1 aliphatic rings. The number of rotatable bonds is 4. The number of benzene rings is 1. The molecule has 25 heavy (non-hydrogen) atoms. The summed E-state index contributed by atoms with van der Waals surface area (Å²) < 4.78 is 0. The second kappa shape index (κ2) is 6.84. The number of amides is 1. The first kappa shape index (κ1) is 15.5. The average Bonchev–Trinajstić information content (AvgIpc) is 3.21. The Labute approximate surface area is 145 Å². The minimum atomic E-state index is 0.114. The van der Waals surface area contributed by atoms with Crippen molar-refractivity contribution < 1.29 is 4.79 Å². The lowest BCUT2D eigenvalue weighted by molar-refractivity contribution is -0.128. The predicted molar refractivity (Wildman–Crippen MR) is 97.1 cm³/mol. The van der Waals surface area contributed by atoms with E-state index in [4.69, 9.17) is 0 Å². The Morgan fingerprint density at radius 3 is 2.72 bits per heavy atom. The molecular weight excluding hydrogens is 314 g/mol. The van der Waals surface area contributed by atoms with Gasteiger partial charge in [-0.3, -0.25) is 9.78 Å². The van der Waals surface area contributed by atoms with Gasteiger partial charge < -0.3 is 10.2 Å². The van der Waals surface area contributed by atoms with E-state index in [9.17, 15) is 4.79 Å². The molecule has 2 aromatic heterocycles. The van der Waals surface area contributed by atoms with Crippen molar-refractivity contribution in [2.75, 3.05) is 25.0 Å². The number of hydrogen-bond acceptors (Lipinski definition) is 5. The van der Waals surface area contributed by atoms with Crippen LogP contribution < -0.4 is 5.32 Å². The summed E-state index contributed by atoms with van der Waals surface area (Å²) in [5.41, 5.74) is 1.69. The number of carbonyl (C=O) groups excluding carboxylic acids is 1. The summed E-state index contributed by atoms with van der Waals surface area (Å²) in [4.78, 5) is 27.6. The van der Waals surface area contributed by atoms with Crippen molar-refractivity contribution in [1.29, 1.82) is 0 Å². The number of anilines is 1. The zero-order valence-corrected chi connectivity index (χ0v) is 13.9. The predicted octanol–water partition coefficient (Wildman–Crippen LogP) is 2.73. The molecule has 1 amide bonds. The first-order valence-electron chi connectivity index (χ1n) is 8.50. The summed E-state index contributed by atoms with van der Waals surface area (Å²) in [6, 6.07) is 11.6. The van der Waals surface area contributed by atoms with E-state index in [-0.39, 0.29) is 12.5 Å². The first-order chi connectivity index (χ1) is 12.3. The van der Waals surface area contributed by atoms with Gasteiger partial charge >= 0.3 is 0 Å². The molecule has 0 radical (unpaired) electrons. The van der Waals surface area contributed by atoms with Crippen LogP contribution in [0.3, 0.4) is 0 Å². The standard InChI is InChI=1S/C19H19N5O/c25-17(24-10-3-4-11-24)13-21-19-15-7-1-2-8-16(15)22-18(23-19)14-6-5-9-20-12-14/h1-2,5-9,12H,3-4,10-11,13H2,(H,21,22,23). The van der Waals surface area contributed by atoms with E-state index >= 15 is 0 Å². The highest BCUT2D eigenvalue weighted by atomic mass is 16.2. The Bertz CT molecular complexity index is 891. The highest BCUT2D eigenvalue weighted by molar-refractivity contribution is 5.92. The summed E-state index contributed by atoms with van der Waals surface area (Å²) >= 11 is 0. The molecule has 0 bridgehead atoms. The maximum atomic E-state index is 12.3. The van der Waals surface area contributed by atoms with Crippen LogP contribution in [-0.4, -0.2) is 45.4 Å². The number of para-hydroxylation sites is 1. The maximum absolute atomic E-state index is 12.3. The summed E-state index contributed by atoms with van der Waals surface area (Å²) in [6.45, 7) is 1.95. The van der Waals surface area contributed by atoms with Gasteiger partial charge in [0.1, 0.15) is 5.82 Å². The van der Waals surface area contributed by atoms with Crippen LogP contribution in [0.4, 0.5) is 5.82 Å². The maximum Gasteiger partial charge on any atom is 0.241 e. The molecule has 6 heteroatoms. The zero-order valence-electron chi connectivity index (χ0n) is 13.9. The van der Waals surface area contributed by atoms with Crippen molar-refractivity contribution in [1.82, 2.24) is 19.9 Å². The third kappa shape index (κ3) is 3.28. The Kier molecular flexibility index (Phi) is 4.24. The van der Waals surface area contributed by atoms with Gasteiger partial charge in [0, 0.05) is 36.4 Å². The molecule has 1 fully saturated rings. The second-order valence-corrected chi connectivity index (χ2v) is 6.10. The summed E-state index contributed by atoms with van der Waals surface area (Å²) in [7, 11) is 0. The van der Waals surface area contributed by atoms with Gasteiger partial charge in [0.05, 0.1) is 12.1 Å². The zero-order chi connectivity index (χ0) is 17.1. The first-order valence-corrected chi connectivity index (χ1v) is 8.50. The lowest BCUT2D eigenvalue weighted by atomic mass is 10.2. The second-order valence-electron chi connectivity index (χ2n) is 6.10. The van der Waals surface area contributed by atoms with Gasteiger partial charge in [-0.2, -0.15) is 0 Å². The van der Waals surface area contributed by atoms with Crippen molar-refractivity contribution in [2.45, 2.75) is 12.8 Å². The van der Waals surface area contributed by atoms with E-state index in [1.54, 1.807) is 12.4 Å². The fraction of sp³-hybridized carbons (Fsp3) is 0.263. The van der Waals surface area contributed by atoms with Crippen molar-refractivity contribution in [3.63, 3.8) is 0 Å². The SMILES string of the molecule is O=C(CNc1nc(-c2cccnc2)nc2ccccc12)N1CCCC1. The topological polar surface area (TPSA) is 71.0 Å². The lowest BCUT2D eigenvalue weighted by Crippen LogP contribution is -2.33. The highest BCUT2D eigenvalue weighted by Gasteiger charge is 2.18. The molecule has 0 aliphatic carbocycles. The average molecular weight is 333 g/mol. The molecule has 0 spiro atoms. The van der Waals surface area contributed by atoms with Gasteiger partial charge in [-0.15, -0.1) is 0 Å². The molecule has 0 atom stereocenters. The van der Waals surface area contributed by atoms with E-state index in [1.807, 2.05) is 41.3 Å². The van der Waals surface area contributed by atoms with Gasteiger partial charge in [0.2, 0.25) is 5.91 Å². The van der Waals surface area contributed by atoms with E-state index in [1.165, 1.54) is 0 Å². The number of carbonyl (C=O) groups is 1. The Hall–Kier alpha value is -3.02. The molecule has 126 valence electrons. The Morgan fingerprint density at radius 1 is 1.08 bits per heavy atom. The van der Waals surface area contributed by atoms with Crippen LogP contribution in [0.1, 0.15) is 12.8 Å². The van der Waals surface area contributed by atoms with Gasteiger partial charge in [0.15, 0.2) is 5.82 Å². The van der Waals surface area contributed by atoms with Gasteiger partial charge in [0.25, 0.3) is 0 Å². The molecule has 4 rings (SSSR count). The van der Waals surface area contributed by atoms with Crippen LogP contribution in [0, 0.1) is 0 Å². The molecule has 1 aromatic carbocycles. The van der Waals surface area contributed by atoms with E-state index in [2.05, 4.69) is 20.3 Å². The van der Waals surface area contributed by atoms with E-state index in [0.717, 1.165) is 42.4 Å². The van der Waals surface area contributed by atoms with Crippen LogP contribution in [0.2, 0.25) is 0 Å².